The van der Waals surface area contributed by atoms with E-state index < -0.39 is 12.0 Å². The third-order valence-corrected chi connectivity index (χ3v) is 4.97. The van der Waals surface area contributed by atoms with Crippen LogP contribution >= 0.6 is 11.3 Å². The molecule has 0 radical (unpaired) electrons. The predicted octanol–water partition coefficient (Wildman–Crippen LogP) is 2.53. The molecule has 0 saturated carbocycles. The van der Waals surface area contributed by atoms with Gasteiger partial charge in [-0.2, -0.15) is 0 Å². The Balaban J connectivity index is 1.96. The van der Waals surface area contributed by atoms with E-state index in [1.807, 2.05) is 25.1 Å². The number of nitrogens with zero attached hydrogens (tertiary/aromatic N) is 2. The van der Waals surface area contributed by atoms with E-state index in [4.69, 9.17) is 0 Å². The summed E-state index contributed by atoms with van der Waals surface area (Å²) in [4.78, 5) is 30.5. The maximum absolute atomic E-state index is 12.7. The summed E-state index contributed by atoms with van der Waals surface area (Å²) >= 11 is 1.33. The second kappa shape index (κ2) is 5.88. The SMILES string of the molecule is CCc1ncc(C(=O)N2CCc3ccccc3C2C(=O)O)s1. The lowest BCUT2D eigenvalue weighted by atomic mass is 9.92. The molecule has 1 unspecified atom stereocenters. The Morgan fingerprint density at radius 2 is 2.18 bits per heavy atom. The highest BCUT2D eigenvalue weighted by Gasteiger charge is 2.36. The van der Waals surface area contributed by atoms with E-state index in [0.717, 1.165) is 17.0 Å². The minimum absolute atomic E-state index is 0.251. The van der Waals surface area contributed by atoms with Crippen LogP contribution in [0.2, 0.25) is 0 Å². The van der Waals surface area contributed by atoms with Gasteiger partial charge in [-0.25, -0.2) is 9.78 Å². The molecule has 1 aliphatic rings. The van der Waals surface area contributed by atoms with Gasteiger partial charge in [0.25, 0.3) is 5.91 Å². The number of carbonyl (C=O) groups excluding carboxylic acids is 1. The average Bonchev–Trinajstić information content (AvgIpc) is 3.02. The number of benzene rings is 1. The van der Waals surface area contributed by atoms with Crippen LogP contribution in [-0.4, -0.2) is 33.4 Å². The van der Waals surface area contributed by atoms with E-state index in [1.165, 1.54) is 16.2 Å². The Bertz CT molecular complexity index is 726. The van der Waals surface area contributed by atoms with Gasteiger partial charge in [-0.15, -0.1) is 11.3 Å². The third-order valence-electron chi connectivity index (χ3n) is 3.84. The lowest BCUT2D eigenvalue weighted by molar-refractivity contribution is -0.143. The quantitative estimate of drug-likeness (QED) is 0.944. The first kappa shape index (κ1) is 14.7. The van der Waals surface area contributed by atoms with Gasteiger partial charge in [-0.05, 0) is 24.0 Å². The number of hydrogen-bond acceptors (Lipinski definition) is 4. The molecule has 114 valence electrons. The fourth-order valence-corrected chi connectivity index (χ4v) is 3.58. The van der Waals surface area contributed by atoms with Crippen molar-refractivity contribution in [2.24, 2.45) is 0 Å². The van der Waals surface area contributed by atoms with Crippen LogP contribution in [0.4, 0.5) is 0 Å². The van der Waals surface area contributed by atoms with Crippen molar-refractivity contribution in [3.63, 3.8) is 0 Å². The van der Waals surface area contributed by atoms with Crippen molar-refractivity contribution >= 4 is 23.2 Å². The molecule has 0 bridgehead atoms. The molecule has 1 aromatic carbocycles. The van der Waals surface area contributed by atoms with Crippen molar-refractivity contribution in [1.82, 2.24) is 9.88 Å². The fraction of sp³-hybridized carbons (Fsp3) is 0.312. The summed E-state index contributed by atoms with van der Waals surface area (Å²) in [5.74, 6) is -1.25. The van der Waals surface area contributed by atoms with Crippen molar-refractivity contribution in [3.8, 4) is 0 Å². The van der Waals surface area contributed by atoms with E-state index in [9.17, 15) is 14.7 Å². The summed E-state index contributed by atoms with van der Waals surface area (Å²) in [6, 6.07) is 6.49. The zero-order valence-corrected chi connectivity index (χ0v) is 13.0. The monoisotopic (exact) mass is 316 g/mol. The van der Waals surface area contributed by atoms with Crippen LogP contribution in [0.15, 0.2) is 30.5 Å². The minimum atomic E-state index is -0.999. The van der Waals surface area contributed by atoms with Crippen LogP contribution < -0.4 is 0 Å². The zero-order valence-electron chi connectivity index (χ0n) is 12.2. The molecule has 2 aromatic rings. The van der Waals surface area contributed by atoms with Gasteiger partial charge >= 0.3 is 5.97 Å². The maximum atomic E-state index is 12.7. The third kappa shape index (κ3) is 2.50. The number of hydrogen-bond donors (Lipinski definition) is 1. The molecule has 1 N–H and O–H groups in total. The highest BCUT2D eigenvalue weighted by molar-refractivity contribution is 7.13. The summed E-state index contributed by atoms with van der Waals surface area (Å²) in [6.07, 6.45) is 2.99. The number of aromatic nitrogens is 1. The van der Waals surface area contributed by atoms with Crippen LogP contribution in [-0.2, 0) is 17.6 Å². The molecule has 5 nitrogen and oxygen atoms in total. The average molecular weight is 316 g/mol. The Labute approximate surface area is 132 Å². The standard InChI is InChI=1S/C16H16N2O3S/c1-2-13-17-9-12(22-13)15(19)18-8-7-10-5-3-4-6-11(10)14(18)16(20)21/h3-6,9,14H,2,7-8H2,1H3,(H,20,21). The Hall–Kier alpha value is -2.21. The van der Waals surface area contributed by atoms with E-state index in [2.05, 4.69) is 4.98 Å². The van der Waals surface area contributed by atoms with Gasteiger partial charge in [0, 0.05) is 6.54 Å². The normalized spacial score (nSPS) is 17.1. The second-order valence-electron chi connectivity index (χ2n) is 5.16. The Morgan fingerprint density at radius 1 is 1.41 bits per heavy atom. The van der Waals surface area contributed by atoms with E-state index in [-0.39, 0.29) is 5.91 Å². The van der Waals surface area contributed by atoms with Crippen LogP contribution in [0.3, 0.4) is 0 Å². The van der Waals surface area contributed by atoms with Crippen molar-refractivity contribution in [3.05, 3.63) is 51.5 Å². The van der Waals surface area contributed by atoms with Crippen molar-refractivity contribution in [2.45, 2.75) is 25.8 Å². The highest BCUT2D eigenvalue weighted by atomic mass is 32.1. The predicted molar refractivity (Wildman–Crippen MR) is 83.1 cm³/mol. The number of aryl methyl sites for hydroxylation is 1. The summed E-state index contributed by atoms with van der Waals surface area (Å²) in [6.45, 7) is 2.39. The largest absolute Gasteiger partial charge is 0.479 e. The summed E-state index contributed by atoms with van der Waals surface area (Å²) in [5, 5.41) is 10.5. The molecule has 0 aliphatic carbocycles. The molecule has 1 aromatic heterocycles. The highest BCUT2D eigenvalue weighted by Crippen LogP contribution is 2.32. The zero-order chi connectivity index (χ0) is 15.7. The molecular formula is C16H16N2O3S. The first-order valence-electron chi connectivity index (χ1n) is 7.18. The second-order valence-corrected chi connectivity index (χ2v) is 6.28. The summed E-state index contributed by atoms with van der Waals surface area (Å²) in [7, 11) is 0. The summed E-state index contributed by atoms with van der Waals surface area (Å²) in [5.41, 5.74) is 1.70. The molecular weight excluding hydrogens is 300 g/mol. The van der Waals surface area contributed by atoms with E-state index in [0.29, 0.717) is 23.4 Å². The lowest BCUT2D eigenvalue weighted by Crippen LogP contribution is -2.43. The fourth-order valence-electron chi connectivity index (χ4n) is 2.77. The van der Waals surface area contributed by atoms with E-state index >= 15 is 0 Å². The number of rotatable bonds is 3. The maximum Gasteiger partial charge on any atom is 0.331 e. The number of carbonyl (C=O) groups is 2. The number of carboxylic acids is 1. The molecule has 0 spiro atoms. The van der Waals surface area contributed by atoms with Crippen molar-refractivity contribution in [2.75, 3.05) is 6.54 Å². The molecule has 1 aliphatic heterocycles. The van der Waals surface area contributed by atoms with Gasteiger partial charge in [-0.1, -0.05) is 31.2 Å². The van der Waals surface area contributed by atoms with Crippen molar-refractivity contribution < 1.29 is 14.7 Å². The van der Waals surface area contributed by atoms with Gasteiger partial charge in [0.15, 0.2) is 6.04 Å². The molecule has 1 amide bonds. The van der Waals surface area contributed by atoms with E-state index in [1.54, 1.807) is 12.3 Å². The van der Waals surface area contributed by atoms with Gasteiger partial charge in [0.05, 0.1) is 11.2 Å². The van der Waals surface area contributed by atoms with Gasteiger partial charge < -0.3 is 10.0 Å². The lowest BCUT2D eigenvalue weighted by Gasteiger charge is -2.34. The molecule has 0 fully saturated rings. The molecule has 22 heavy (non-hydrogen) atoms. The molecule has 2 heterocycles. The topological polar surface area (TPSA) is 70.5 Å². The number of carboxylic acid groups (broad SMARTS) is 1. The Kier molecular flexibility index (Phi) is 3.94. The molecule has 1 atom stereocenters. The van der Waals surface area contributed by atoms with Crippen LogP contribution in [0.5, 0.6) is 0 Å². The van der Waals surface area contributed by atoms with Gasteiger partial charge in [0.2, 0.25) is 0 Å². The molecule has 3 rings (SSSR count). The number of thiazole rings is 1. The smallest absolute Gasteiger partial charge is 0.331 e. The minimum Gasteiger partial charge on any atom is -0.479 e. The van der Waals surface area contributed by atoms with Crippen LogP contribution in [0, 0.1) is 0 Å². The van der Waals surface area contributed by atoms with Gasteiger partial charge in [0.1, 0.15) is 4.88 Å². The first-order chi connectivity index (χ1) is 10.6. The van der Waals surface area contributed by atoms with Crippen LogP contribution in [0.1, 0.15) is 38.8 Å². The molecule has 0 saturated heterocycles. The molecule has 6 heteroatoms. The summed E-state index contributed by atoms with van der Waals surface area (Å²) < 4.78 is 0. The Morgan fingerprint density at radius 3 is 2.86 bits per heavy atom. The number of fused-ring (bicyclic) bond motifs is 1. The first-order valence-corrected chi connectivity index (χ1v) is 7.99. The van der Waals surface area contributed by atoms with Crippen LogP contribution in [0.25, 0.3) is 0 Å². The number of amides is 1. The number of aliphatic carboxylic acids is 1. The van der Waals surface area contributed by atoms with Crippen molar-refractivity contribution in [1.29, 1.82) is 0 Å². The van der Waals surface area contributed by atoms with Gasteiger partial charge in [-0.3, -0.25) is 4.79 Å².